The molecule has 7 aromatic carbocycles. The molecule has 2 saturated carbocycles. The topological polar surface area (TPSA) is 86.4 Å². The highest BCUT2D eigenvalue weighted by Crippen LogP contribution is 2.38. The summed E-state index contributed by atoms with van der Waals surface area (Å²) in [5.74, 6) is 1.09. The van der Waals surface area contributed by atoms with E-state index in [0.29, 0.717) is 23.0 Å². The van der Waals surface area contributed by atoms with Crippen LogP contribution in [0.15, 0.2) is 133 Å². The molecule has 2 amide bonds. The second-order valence-electron chi connectivity index (χ2n) is 18.0. The Labute approximate surface area is 380 Å². The lowest BCUT2D eigenvalue weighted by Crippen LogP contribution is -2.38. The number of hydrogen-bond donors (Lipinski definition) is 2. The van der Waals surface area contributed by atoms with Gasteiger partial charge in [-0.2, -0.15) is 0 Å². The van der Waals surface area contributed by atoms with Crippen LogP contribution in [0.4, 0.5) is 0 Å². The van der Waals surface area contributed by atoms with Gasteiger partial charge in [0, 0.05) is 23.2 Å². The molecule has 1 unspecified atom stereocenters. The zero-order chi connectivity index (χ0) is 42.9. The molecule has 3 aliphatic rings. The van der Waals surface area contributed by atoms with Crippen LogP contribution in [0.5, 0.6) is 0 Å². The molecule has 64 heavy (non-hydrogen) atoms. The first kappa shape index (κ1) is 42.9. The van der Waals surface area contributed by atoms with E-state index in [0.717, 1.165) is 76.8 Å². The molecule has 0 bridgehead atoms. The maximum atomic E-state index is 13.4. The standard InChI is InChI=1S/C56H52N4O2S.CH4/c1-35(37-13-5-3-6-14-37)57-55(61)43-29-25-39(26-30-43)45-21-9-17-41-19-11-23-47(51(41)45)49-33-34-50(54-53(49)59-63-60-54)48-24-12-20-42-18-10-22-46(52(42)48)40-27-31-44(32-28-40)56(62)58-36(2)38-15-7-4-8-16-38;/h9-12,17-38H,3-8,13-16H2,1-2H3;1H4/p+2/t35-,36?;/m1./s1. The van der Waals surface area contributed by atoms with E-state index in [2.05, 4.69) is 134 Å². The minimum absolute atomic E-state index is 0. The molecular formula is C57H58N4O2S+2. The number of hydrogen-bond acceptors (Lipinski definition) is 2. The van der Waals surface area contributed by atoms with Crippen molar-refractivity contribution >= 4 is 44.7 Å². The number of nitrogens with one attached hydrogen (secondary N) is 2. The third-order valence-electron chi connectivity index (χ3n) is 14.2. The summed E-state index contributed by atoms with van der Waals surface area (Å²) in [7, 11) is 0. The molecule has 0 spiro atoms. The van der Waals surface area contributed by atoms with Gasteiger partial charge in [-0.05, 0) is 143 Å². The summed E-state index contributed by atoms with van der Waals surface area (Å²) in [6.45, 7) is 4.31. The van der Waals surface area contributed by atoms with E-state index in [1.807, 2.05) is 24.3 Å². The number of amides is 2. The number of nitrogens with zero attached hydrogens (tertiary/aromatic N) is 2. The first-order valence-electron chi connectivity index (χ1n) is 23.0. The molecule has 0 radical (unpaired) electrons. The van der Waals surface area contributed by atoms with E-state index in [9.17, 15) is 9.59 Å². The number of benzene rings is 7. The summed E-state index contributed by atoms with van der Waals surface area (Å²) in [4.78, 5) is 26.7. The Balaban J connectivity index is 0.00000518. The van der Waals surface area contributed by atoms with Crippen molar-refractivity contribution in [2.45, 2.75) is 97.6 Å². The number of carbonyl (C=O) groups is 2. The van der Waals surface area contributed by atoms with Gasteiger partial charge in [-0.15, -0.1) is 0 Å². The van der Waals surface area contributed by atoms with Crippen LogP contribution in [-0.4, -0.2) is 23.9 Å². The molecule has 7 heteroatoms. The highest BCUT2D eigenvalue weighted by atomic mass is 32.1. The van der Waals surface area contributed by atoms with Gasteiger partial charge in [-0.1, -0.05) is 143 Å². The Morgan fingerprint density at radius 3 is 1.20 bits per heavy atom. The minimum Gasteiger partial charge on any atom is -0.349 e. The van der Waals surface area contributed by atoms with E-state index in [1.54, 1.807) is 0 Å². The number of carbonyl (C=O) groups excluding carboxylic acids is 2. The van der Waals surface area contributed by atoms with Crippen molar-refractivity contribution in [3.05, 3.63) is 155 Å². The SMILES string of the molecule is C.CC(NC(=O)c1ccc(-c2cccc3cccc(-c4ccc(-c5cccc6cccc(-c7ccc(C(=O)N[C@H](C)C8CCCCC8)cc7)c56)c5c4=[N+]=S=[N+]=5)c23)cc1)C1CCCCC1. The van der Waals surface area contributed by atoms with Gasteiger partial charge in [0.1, 0.15) is 0 Å². The average Bonchev–Trinajstić information content (AvgIpc) is 3.84. The summed E-state index contributed by atoms with van der Waals surface area (Å²) in [5.41, 5.74) is 9.92. The number of fused-ring (bicyclic) bond motifs is 3. The molecule has 7 aromatic rings. The Hall–Kier alpha value is -6.36. The van der Waals surface area contributed by atoms with Crippen molar-refractivity contribution in [1.82, 2.24) is 18.7 Å². The summed E-state index contributed by atoms with van der Waals surface area (Å²) in [5, 5.41) is 12.9. The lowest BCUT2D eigenvalue weighted by Gasteiger charge is -2.28. The quantitative estimate of drug-likeness (QED) is 0.134. The van der Waals surface area contributed by atoms with Crippen LogP contribution in [0.3, 0.4) is 0 Å². The largest absolute Gasteiger partial charge is 0.700 e. The maximum absolute atomic E-state index is 13.4. The van der Waals surface area contributed by atoms with Crippen LogP contribution >= 0.6 is 0 Å². The molecule has 322 valence electrons. The molecule has 0 aromatic heterocycles. The van der Waals surface area contributed by atoms with Gasteiger partial charge >= 0.3 is 22.1 Å². The average molecular weight is 863 g/mol. The lowest BCUT2D eigenvalue weighted by molar-refractivity contribution is 0.0911. The predicted octanol–water partition coefficient (Wildman–Crippen LogP) is 11.5. The maximum Gasteiger partial charge on any atom is 0.700 e. The van der Waals surface area contributed by atoms with E-state index < -0.39 is 0 Å². The van der Waals surface area contributed by atoms with Crippen LogP contribution in [-0.2, 0) is 11.4 Å². The molecule has 2 aliphatic carbocycles. The molecular weight excluding hydrogens is 805 g/mol. The third kappa shape index (κ3) is 8.40. The monoisotopic (exact) mass is 862 g/mol. The summed E-state index contributed by atoms with van der Waals surface area (Å²) in [6.07, 6.45) is 12.4. The minimum atomic E-state index is -0.00747. The molecule has 2 fully saturated rings. The molecule has 2 atom stereocenters. The van der Waals surface area contributed by atoms with Crippen LogP contribution in [0.2, 0.25) is 0 Å². The number of rotatable bonds is 10. The predicted molar refractivity (Wildman–Crippen MR) is 266 cm³/mol. The van der Waals surface area contributed by atoms with E-state index >= 15 is 0 Å². The van der Waals surface area contributed by atoms with Crippen molar-refractivity contribution in [3.8, 4) is 44.5 Å². The van der Waals surface area contributed by atoms with Gasteiger partial charge in [-0.25, -0.2) is 0 Å². The molecule has 1 aliphatic heterocycles. The highest BCUT2D eigenvalue weighted by molar-refractivity contribution is 7.55. The molecule has 1 heterocycles. The van der Waals surface area contributed by atoms with Crippen molar-refractivity contribution < 1.29 is 9.59 Å². The van der Waals surface area contributed by atoms with Gasteiger partial charge in [0.2, 0.25) is 0 Å². The van der Waals surface area contributed by atoms with Gasteiger partial charge in [0.25, 0.3) is 11.8 Å². The Morgan fingerprint density at radius 2 is 0.828 bits per heavy atom. The summed E-state index contributed by atoms with van der Waals surface area (Å²) in [6, 6.07) is 46.7. The zero-order valence-electron chi connectivity index (χ0n) is 36.2. The first-order valence-corrected chi connectivity index (χ1v) is 23.8. The van der Waals surface area contributed by atoms with Crippen molar-refractivity contribution in [2.75, 3.05) is 0 Å². The fraction of sp³-hybridized carbons (Fsp3) is 0.298. The van der Waals surface area contributed by atoms with Crippen molar-refractivity contribution in [3.63, 3.8) is 0 Å². The Morgan fingerprint density at radius 1 is 0.469 bits per heavy atom. The lowest BCUT2D eigenvalue weighted by atomic mass is 9.84. The van der Waals surface area contributed by atoms with Gasteiger partial charge < -0.3 is 10.6 Å². The van der Waals surface area contributed by atoms with Crippen molar-refractivity contribution in [1.29, 1.82) is 0 Å². The normalized spacial score (nSPS) is 15.8. The van der Waals surface area contributed by atoms with E-state index in [-0.39, 0.29) is 31.3 Å². The first-order chi connectivity index (χ1) is 30.9. The molecule has 10 rings (SSSR count). The summed E-state index contributed by atoms with van der Waals surface area (Å²) < 4.78 is 9.93. The van der Waals surface area contributed by atoms with Crippen LogP contribution in [0.25, 0.3) is 66.1 Å². The van der Waals surface area contributed by atoms with Gasteiger partial charge in [-0.3, -0.25) is 9.59 Å². The second-order valence-corrected chi connectivity index (χ2v) is 18.5. The summed E-state index contributed by atoms with van der Waals surface area (Å²) >= 11 is 1.24. The zero-order valence-corrected chi connectivity index (χ0v) is 37.0. The van der Waals surface area contributed by atoms with Crippen molar-refractivity contribution in [2.24, 2.45) is 11.8 Å². The van der Waals surface area contributed by atoms with Crippen LogP contribution < -0.4 is 29.4 Å². The molecule has 6 nitrogen and oxygen atoms in total. The van der Waals surface area contributed by atoms with E-state index in [1.165, 1.54) is 75.6 Å². The highest BCUT2D eigenvalue weighted by Gasteiger charge is 2.29. The second kappa shape index (κ2) is 18.8. The Bertz CT molecular complexity index is 2890. The van der Waals surface area contributed by atoms with E-state index in [4.69, 9.17) is 8.08 Å². The van der Waals surface area contributed by atoms with Gasteiger partial charge in [0.15, 0.2) is 0 Å². The Kier molecular flexibility index (Phi) is 12.6. The third-order valence-corrected chi connectivity index (χ3v) is 14.7. The smallest absolute Gasteiger partial charge is 0.349 e. The van der Waals surface area contributed by atoms with Gasteiger partial charge in [0.05, 0.1) is 19.2 Å². The fourth-order valence-electron chi connectivity index (χ4n) is 10.6. The molecule has 2 N–H and O–H groups in total. The van der Waals surface area contributed by atoms with Crippen LogP contribution in [0.1, 0.15) is 106 Å². The van der Waals surface area contributed by atoms with Crippen LogP contribution in [0, 0.1) is 11.8 Å². The fourth-order valence-corrected chi connectivity index (χ4v) is 11.2. The molecule has 0 saturated heterocycles.